The van der Waals surface area contributed by atoms with Gasteiger partial charge >= 0.3 is 0 Å². The maximum Gasteiger partial charge on any atom is 0.223 e. The number of piperazine rings is 1. The molecule has 0 bridgehead atoms. The zero-order valence-electron chi connectivity index (χ0n) is 11.4. The average molecular weight is 285 g/mol. The van der Waals surface area contributed by atoms with Gasteiger partial charge in [-0.25, -0.2) is 4.98 Å². The van der Waals surface area contributed by atoms with Gasteiger partial charge in [-0.15, -0.1) is 0 Å². The molecule has 1 aliphatic rings. The molecule has 0 saturated carbocycles. The molecule has 1 atom stereocenters. The Kier molecular flexibility index (Phi) is 4.79. The normalized spacial score (nSPS) is 19.3. The van der Waals surface area contributed by atoms with Crippen LogP contribution in [-0.2, 0) is 0 Å². The van der Waals surface area contributed by atoms with Gasteiger partial charge < -0.3 is 16.0 Å². The maximum atomic E-state index is 5.85. The Hall–Kier alpha value is -1.11. The van der Waals surface area contributed by atoms with Gasteiger partial charge in [-0.3, -0.25) is 4.90 Å². The number of rotatable bonds is 4. The largest absolute Gasteiger partial charge is 0.368 e. The van der Waals surface area contributed by atoms with E-state index < -0.39 is 0 Å². The molecule has 3 N–H and O–H groups in total. The van der Waals surface area contributed by atoms with Gasteiger partial charge in [0.1, 0.15) is 11.0 Å². The summed E-state index contributed by atoms with van der Waals surface area (Å²) in [6.07, 6.45) is 0. The molecule has 1 aromatic heterocycles. The van der Waals surface area contributed by atoms with Crippen molar-refractivity contribution in [1.29, 1.82) is 0 Å². The van der Waals surface area contributed by atoms with E-state index in [0.717, 1.165) is 32.7 Å². The lowest BCUT2D eigenvalue weighted by Crippen LogP contribution is -2.47. The first-order valence-electron chi connectivity index (χ1n) is 6.50. The van der Waals surface area contributed by atoms with Crippen LogP contribution in [-0.4, -0.2) is 65.6 Å². The van der Waals surface area contributed by atoms with E-state index in [1.54, 1.807) is 6.07 Å². The maximum absolute atomic E-state index is 5.85. The standard InChI is InChI=1S/C12H21ClN6/c1-9(8-19-5-3-18(2)4-6-19)15-11-7-10(13)16-12(14)17-11/h7,9H,3-6,8H2,1-2H3,(H3,14,15,16,17). The molecular weight excluding hydrogens is 264 g/mol. The van der Waals surface area contributed by atoms with E-state index in [0.29, 0.717) is 11.0 Å². The molecule has 0 aliphatic carbocycles. The van der Waals surface area contributed by atoms with Gasteiger partial charge in [0.05, 0.1) is 0 Å². The summed E-state index contributed by atoms with van der Waals surface area (Å²) in [6.45, 7) is 7.57. The quantitative estimate of drug-likeness (QED) is 0.796. The fourth-order valence-corrected chi connectivity index (χ4v) is 2.41. The second-order valence-corrected chi connectivity index (χ2v) is 5.47. The van der Waals surface area contributed by atoms with Gasteiger partial charge in [-0.1, -0.05) is 11.6 Å². The second-order valence-electron chi connectivity index (χ2n) is 5.08. The van der Waals surface area contributed by atoms with Gasteiger partial charge in [-0.2, -0.15) is 4.98 Å². The van der Waals surface area contributed by atoms with Crippen LogP contribution in [0.25, 0.3) is 0 Å². The Balaban J connectivity index is 1.85. The number of likely N-dealkylation sites (N-methyl/N-ethyl adjacent to an activating group) is 1. The van der Waals surface area contributed by atoms with Gasteiger partial charge in [0.15, 0.2) is 0 Å². The highest BCUT2D eigenvalue weighted by atomic mass is 35.5. The van der Waals surface area contributed by atoms with Crippen molar-refractivity contribution in [2.24, 2.45) is 0 Å². The second kappa shape index (κ2) is 6.36. The fourth-order valence-electron chi connectivity index (χ4n) is 2.22. The SMILES string of the molecule is CC(CN1CCN(C)CC1)Nc1cc(Cl)nc(N)n1. The van der Waals surface area contributed by atoms with Crippen LogP contribution in [0.2, 0.25) is 5.15 Å². The van der Waals surface area contributed by atoms with E-state index in [-0.39, 0.29) is 12.0 Å². The molecule has 0 amide bonds. The summed E-state index contributed by atoms with van der Waals surface area (Å²) < 4.78 is 0. The number of nitrogen functional groups attached to an aromatic ring is 1. The number of hydrogen-bond donors (Lipinski definition) is 2. The first-order valence-corrected chi connectivity index (χ1v) is 6.88. The lowest BCUT2D eigenvalue weighted by Gasteiger charge is -2.34. The van der Waals surface area contributed by atoms with Crippen LogP contribution in [0, 0.1) is 0 Å². The predicted octanol–water partition coefficient (Wildman–Crippen LogP) is 0.760. The topological polar surface area (TPSA) is 70.3 Å². The Morgan fingerprint density at radius 3 is 2.68 bits per heavy atom. The highest BCUT2D eigenvalue weighted by Crippen LogP contribution is 2.13. The van der Waals surface area contributed by atoms with Crippen molar-refractivity contribution < 1.29 is 0 Å². The van der Waals surface area contributed by atoms with Crippen LogP contribution in [0.15, 0.2) is 6.07 Å². The van der Waals surface area contributed by atoms with E-state index in [9.17, 15) is 0 Å². The highest BCUT2D eigenvalue weighted by molar-refractivity contribution is 6.29. The molecule has 6 nitrogen and oxygen atoms in total. The molecule has 1 aromatic rings. The van der Waals surface area contributed by atoms with Crippen molar-refractivity contribution in [1.82, 2.24) is 19.8 Å². The molecule has 2 rings (SSSR count). The molecule has 0 radical (unpaired) electrons. The third-order valence-electron chi connectivity index (χ3n) is 3.23. The van der Waals surface area contributed by atoms with Crippen LogP contribution >= 0.6 is 11.6 Å². The number of anilines is 2. The Bertz CT molecular complexity index is 398. The molecule has 0 aromatic carbocycles. The van der Waals surface area contributed by atoms with Crippen LogP contribution in [0.5, 0.6) is 0 Å². The van der Waals surface area contributed by atoms with E-state index >= 15 is 0 Å². The van der Waals surface area contributed by atoms with Crippen molar-refractivity contribution in [3.8, 4) is 0 Å². The van der Waals surface area contributed by atoms with Gasteiger partial charge in [0.2, 0.25) is 5.95 Å². The smallest absolute Gasteiger partial charge is 0.223 e. The number of nitrogens with one attached hydrogen (secondary N) is 1. The summed E-state index contributed by atoms with van der Waals surface area (Å²) in [4.78, 5) is 12.8. The average Bonchev–Trinajstić information content (AvgIpc) is 2.30. The van der Waals surface area contributed by atoms with Crippen molar-refractivity contribution in [2.75, 3.05) is 50.8 Å². The summed E-state index contributed by atoms with van der Waals surface area (Å²) in [5.74, 6) is 0.876. The van der Waals surface area contributed by atoms with Crippen LogP contribution < -0.4 is 11.1 Å². The number of aromatic nitrogens is 2. The van der Waals surface area contributed by atoms with E-state index in [2.05, 4.69) is 39.1 Å². The van der Waals surface area contributed by atoms with Crippen LogP contribution in [0.3, 0.4) is 0 Å². The lowest BCUT2D eigenvalue weighted by molar-refractivity contribution is 0.151. The van der Waals surface area contributed by atoms with Gasteiger partial charge in [0, 0.05) is 44.8 Å². The molecule has 19 heavy (non-hydrogen) atoms. The minimum absolute atomic E-state index is 0.196. The molecule has 1 unspecified atom stereocenters. The summed E-state index contributed by atoms with van der Waals surface area (Å²) in [5.41, 5.74) is 5.57. The summed E-state index contributed by atoms with van der Waals surface area (Å²) in [6, 6.07) is 1.98. The lowest BCUT2D eigenvalue weighted by atomic mass is 10.2. The van der Waals surface area contributed by atoms with Crippen molar-refractivity contribution in [3.63, 3.8) is 0 Å². The van der Waals surface area contributed by atoms with Crippen molar-refractivity contribution >= 4 is 23.4 Å². The Labute approximate surface area is 118 Å². The zero-order chi connectivity index (χ0) is 13.8. The summed E-state index contributed by atoms with van der Waals surface area (Å²) >= 11 is 5.85. The minimum Gasteiger partial charge on any atom is -0.368 e. The van der Waals surface area contributed by atoms with E-state index in [4.69, 9.17) is 17.3 Å². The number of nitrogens with two attached hydrogens (primary N) is 1. The van der Waals surface area contributed by atoms with Crippen molar-refractivity contribution in [2.45, 2.75) is 13.0 Å². The molecule has 2 heterocycles. The first kappa shape index (κ1) is 14.3. The van der Waals surface area contributed by atoms with E-state index in [1.165, 1.54) is 0 Å². The van der Waals surface area contributed by atoms with Gasteiger partial charge in [-0.05, 0) is 14.0 Å². The van der Waals surface area contributed by atoms with Crippen molar-refractivity contribution in [3.05, 3.63) is 11.2 Å². The molecule has 1 aliphatic heterocycles. The van der Waals surface area contributed by atoms with Crippen LogP contribution in [0.4, 0.5) is 11.8 Å². The number of hydrogen-bond acceptors (Lipinski definition) is 6. The molecule has 106 valence electrons. The molecule has 7 heteroatoms. The molecular formula is C12H21ClN6. The monoisotopic (exact) mass is 284 g/mol. The first-order chi connectivity index (χ1) is 9.02. The Morgan fingerprint density at radius 2 is 2.05 bits per heavy atom. The number of nitrogens with zero attached hydrogens (tertiary/aromatic N) is 4. The minimum atomic E-state index is 0.196. The van der Waals surface area contributed by atoms with Gasteiger partial charge in [0.25, 0.3) is 0 Å². The zero-order valence-corrected chi connectivity index (χ0v) is 12.2. The Morgan fingerprint density at radius 1 is 1.37 bits per heavy atom. The molecule has 0 spiro atoms. The fraction of sp³-hybridized carbons (Fsp3) is 0.667. The van der Waals surface area contributed by atoms with E-state index in [1.807, 2.05) is 0 Å². The molecule has 1 fully saturated rings. The predicted molar refractivity (Wildman–Crippen MR) is 78.5 cm³/mol. The summed E-state index contributed by atoms with van der Waals surface area (Å²) in [5, 5.41) is 3.67. The molecule has 1 saturated heterocycles. The third kappa shape index (κ3) is 4.49. The van der Waals surface area contributed by atoms with Crippen LogP contribution in [0.1, 0.15) is 6.92 Å². The summed E-state index contributed by atoms with van der Waals surface area (Å²) in [7, 11) is 2.16. The number of halogens is 1. The highest BCUT2D eigenvalue weighted by Gasteiger charge is 2.16. The third-order valence-corrected chi connectivity index (χ3v) is 3.43.